The Hall–Kier alpha value is -1.17. The molecule has 0 spiro atoms. The Balaban J connectivity index is 2.58. The molecule has 86 valence electrons. The maximum Gasteiger partial charge on any atom is 0.388 e. The van der Waals surface area contributed by atoms with Crippen molar-refractivity contribution in [3.8, 4) is 5.88 Å². The van der Waals surface area contributed by atoms with E-state index in [4.69, 9.17) is 4.42 Å². The average molecular weight is 292 g/mol. The number of nitrogens with zero attached hydrogens (tertiary/aromatic N) is 1. The number of halogens is 3. The van der Waals surface area contributed by atoms with Crippen LogP contribution >= 0.6 is 15.9 Å². The van der Waals surface area contributed by atoms with E-state index in [0.29, 0.717) is 22.0 Å². The molecule has 0 N–H and O–H groups in total. The summed E-state index contributed by atoms with van der Waals surface area (Å²) in [7, 11) is 0. The minimum atomic E-state index is -2.91. The molecule has 0 fully saturated rings. The summed E-state index contributed by atoms with van der Waals surface area (Å²) in [4.78, 5) is 3.75. The third kappa shape index (κ3) is 2.02. The predicted molar refractivity (Wildman–Crippen MR) is 57.7 cm³/mol. The van der Waals surface area contributed by atoms with E-state index in [0.717, 1.165) is 0 Å². The van der Waals surface area contributed by atoms with E-state index < -0.39 is 6.61 Å². The zero-order valence-corrected chi connectivity index (χ0v) is 9.92. The van der Waals surface area contributed by atoms with Gasteiger partial charge in [-0.05, 0) is 22.0 Å². The SMILES string of the molecule is CCc1cc2c(Br)cnc(OC(F)F)c2o1. The molecule has 2 aromatic heterocycles. The molecule has 0 atom stereocenters. The van der Waals surface area contributed by atoms with E-state index in [2.05, 4.69) is 25.7 Å². The van der Waals surface area contributed by atoms with Crippen molar-refractivity contribution >= 4 is 26.9 Å². The lowest BCUT2D eigenvalue weighted by atomic mass is 10.3. The van der Waals surface area contributed by atoms with Gasteiger partial charge in [-0.25, -0.2) is 4.98 Å². The highest BCUT2D eigenvalue weighted by Crippen LogP contribution is 2.33. The number of ether oxygens (including phenoxy) is 1. The van der Waals surface area contributed by atoms with Crippen LogP contribution in [0.4, 0.5) is 8.78 Å². The van der Waals surface area contributed by atoms with E-state index in [9.17, 15) is 8.78 Å². The Morgan fingerprint density at radius 2 is 2.31 bits per heavy atom. The lowest BCUT2D eigenvalue weighted by Gasteiger charge is -2.03. The Bertz CT molecular complexity index is 513. The van der Waals surface area contributed by atoms with E-state index >= 15 is 0 Å². The van der Waals surface area contributed by atoms with Crippen molar-refractivity contribution < 1.29 is 17.9 Å². The molecule has 16 heavy (non-hydrogen) atoms. The van der Waals surface area contributed by atoms with Crippen LogP contribution in [0.3, 0.4) is 0 Å². The van der Waals surface area contributed by atoms with Gasteiger partial charge in [-0.15, -0.1) is 0 Å². The number of aryl methyl sites for hydroxylation is 1. The van der Waals surface area contributed by atoms with Crippen molar-refractivity contribution in [1.82, 2.24) is 4.98 Å². The van der Waals surface area contributed by atoms with Crippen molar-refractivity contribution in [3.63, 3.8) is 0 Å². The maximum absolute atomic E-state index is 12.1. The fraction of sp³-hybridized carbons (Fsp3) is 0.300. The molecule has 0 saturated carbocycles. The van der Waals surface area contributed by atoms with Crippen molar-refractivity contribution in [3.05, 3.63) is 22.5 Å². The van der Waals surface area contributed by atoms with Crippen LogP contribution in [0.5, 0.6) is 5.88 Å². The van der Waals surface area contributed by atoms with Gasteiger partial charge in [0.25, 0.3) is 5.88 Å². The molecular formula is C10H8BrF2NO2. The Morgan fingerprint density at radius 3 is 2.94 bits per heavy atom. The lowest BCUT2D eigenvalue weighted by Crippen LogP contribution is -2.03. The molecule has 0 amide bonds. The van der Waals surface area contributed by atoms with Crippen LogP contribution in [0.2, 0.25) is 0 Å². The highest BCUT2D eigenvalue weighted by atomic mass is 79.9. The van der Waals surface area contributed by atoms with E-state index in [1.165, 1.54) is 6.20 Å². The summed E-state index contributed by atoms with van der Waals surface area (Å²) in [6.07, 6.45) is 2.09. The third-order valence-electron chi connectivity index (χ3n) is 2.08. The Labute approximate surface area is 98.5 Å². The summed E-state index contributed by atoms with van der Waals surface area (Å²) in [5.41, 5.74) is 0.242. The van der Waals surface area contributed by atoms with Gasteiger partial charge >= 0.3 is 6.61 Å². The van der Waals surface area contributed by atoms with Gasteiger partial charge in [-0.2, -0.15) is 8.78 Å². The van der Waals surface area contributed by atoms with Crippen molar-refractivity contribution in [2.75, 3.05) is 0 Å². The summed E-state index contributed by atoms with van der Waals surface area (Å²) < 4.78 is 34.6. The summed E-state index contributed by atoms with van der Waals surface area (Å²) >= 11 is 3.27. The first kappa shape index (κ1) is 11.3. The summed E-state index contributed by atoms with van der Waals surface area (Å²) in [6.45, 7) is -1.00. The first-order valence-corrected chi connectivity index (χ1v) is 5.42. The zero-order valence-electron chi connectivity index (χ0n) is 8.34. The molecule has 2 heterocycles. The Morgan fingerprint density at radius 1 is 1.56 bits per heavy atom. The molecule has 0 saturated heterocycles. The smallest absolute Gasteiger partial charge is 0.388 e. The van der Waals surface area contributed by atoms with Crippen molar-refractivity contribution in [2.24, 2.45) is 0 Å². The van der Waals surface area contributed by atoms with E-state index in [-0.39, 0.29) is 11.5 Å². The molecule has 0 bridgehead atoms. The first-order valence-electron chi connectivity index (χ1n) is 4.63. The van der Waals surface area contributed by atoms with Gasteiger partial charge in [-0.1, -0.05) is 6.92 Å². The standard InChI is InChI=1S/C10H8BrF2NO2/c1-2-5-3-6-7(11)4-14-9(8(6)15-5)16-10(12)13/h3-4,10H,2H2,1H3. The van der Waals surface area contributed by atoms with Gasteiger partial charge in [0.1, 0.15) is 5.76 Å². The minimum absolute atomic E-state index is 0.187. The van der Waals surface area contributed by atoms with Gasteiger partial charge in [0.2, 0.25) is 0 Å². The van der Waals surface area contributed by atoms with Crippen LogP contribution in [0.15, 0.2) is 21.2 Å². The van der Waals surface area contributed by atoms with Crippen LogP contribution in [-0.4, -0.2) is 11.6 Å². The van der Waals surface area contributed by atoms with Crippen molar-refractivity contribution in [2.45, 2.75) is 20.0 Å². The molecule has 3 nitrogen and oxygen atoms in total. The third-order valence-corrected chi connectivity index (χ3v) is 2.71. The quantitative estimate of drug-likeness (QED) is 0.864. The topological polar surface area (TPSA) is 35.3 Å². The van der Waals surface area contributed by atoms with Crippen LogP contribution < -0.4 is 4.74 Å². The van der Waals surface area contributed by atoms with Crippen molar-refractivity contribution in [1.29, 1.82) is 0 Å². The van der Waals surface area contributed by atoms with Gasteiger partial charge in [0, 0.05) is 22.5 Å². The van der Waals surface area contributed by atoms with Gasteiger partial charge in [-0.3, -0.25) is 0 Å². The molecular weight excluding hydrogens is 284 g/mol. The monoisotopic (exact) mass is 291 g/mol. The molecule has 0 unspecified atom stereocenters. The molecule has 0 aliphatic rings. The number of hydrogen-bond donors (Lipinski definition) is 0. The average Bonchev–Trinajstić information content (AvgIpc) is 2.66. The highest BCUT2D eigenvalue weighted by Gasteiger charge is 2.16. The number of furan rings is 1. The van der Waals surface area contributed by atoms with E-state index in [1.54, 1.807) is 6.07 Å². The van der Waals surface area contributed by atoms with Crippen LogP contribution in [0.1, 0.15) is 12.7 Å². The second kappa shape index (κ2) is 4.37. The van der Waals surface area contributed by atoms with Crippen LogP contribution in [0.25, 0.3) is 11.0 Å². The fourth-order valence-corrected chi connectivity index (χ4v) is 1.76. The Kier molecular flexibility index (Phi) is 3.09. The highest BCUT2D eigenvalue weighted by molar-refractivity contribution is 9.10. The minimum Gasteiger partial charge on any atom is -0.455 e. The second-order valence-corrected chi connectivity index (χ2v) is 3.95. The van der Waals surface area contributed by atoms with Gasteiger partial charge in [0.05, 0.1) is 0 Å². The molecule has 2 rings (SSSR count). The fourth-order valence-electron chi connectivity index (χ4n) is 1.36. The summed E-state index contributed by atoms with van der Waals surface area (Å²) in [6, 6.07) is 1.78. The van der Waals surface area contributed by atoms with Crippen LogP contribution in [-0.2, 0) is 6.42 Å². The lowest BCUT2D eigenvalue weighted by molar-refractivity contribution is -0.0523. The number of pyridine rings is 1. The first-order chi connectivity index (χ1) is 7.61. The number of fused-ring (bicyclic) bond motifs is 1. The van der Waals surface area contributed by atoms with E-state index in [1.807, 2.05) is 6.92 Å². The largest absolute Gasteiger partial charge is 0.455 e. The molecule has 0 aliphatic heterocycles. The normalized spacial score (nSPS) is 11.3. The number of aromatic nitrogens is 1. The molecule has 6 heteroatoms. The second-order valence-electron chi connectivity index (χ2n) is 3.10. The summed E-state index contributed by atoms with van der Waals surface area (Å²) in [5.74, 6) is 0.510. The number of hydrogen-bond acceptors (Lipinski definition) is 3. The summed E-state index contributed by atoms with van der Waals surface area (Å²) in [5, 5.41) is 0.683. The zero-order chi connectivity index (χ0) is 11.7. The number of alkyl halides is 2. The predicted octanol–water partition coefficient (Wildman–Crippen LogP) is 3.75. The maximum atomic E-state index is 12.1. The molecule has 0 radical (unpaired) electrons. The van der Waals surface area contributed by atoms with Gasteiger partial charge in [0.15, 0.2) is 5.58 Å². The van der Waals surface area contributed by atoms with Crippen LogP contribution in [0, 0.1) is 0 Å². The molecule has 0 aliphatic carbocycles. The number of rotatable bonds is 3. The van der Waals surface area contributed by atoms with Gasteiger partial charge < -0.3 is 9.15 Å². The molecule has 2 aromatic rings. The molecule has 0 aromatic carbocycles.